The molecule has 13 heavy (non-hydrogen) atoms. The maximum atomic E-state index is 5.59. The summed E-state index contributed by atoms with van der Waals surface area (Å²) < 4.78 is 6.18. The second-order valence-electron chi connectivity index (χ2n) is 2.71. The molecule has 1 nitrogen and oxygen atoms in total. The topological polar surface area (TPSA) is 9.23 Å². The Bertz CT molecular complexity index is 204. The average Bonchev–Trinajstić information content (AvgIpc) is 2.77. The molecule has 2 rings (SSSR count). The van der Waals surface area contributed by atoms with Crippen LogP contribution in [0, 0.1) is 0 Å². The van der Waals surface area contributed by atoms with Crippen LogP contribution in [0.1, 0.15) is 12.8 Å². The predicted octanol–water partition coefficient (Wildman–Crippen LogP) is 1.97. The van der Waals surface area contributed by atoms with Crippen LogP contribution in [0.5, 0.6) is 0 Å². The van der Waals surface area contributed by atoms with Gasteiger partial charge in [0.05, 0.1) is 0 Å². The van der Waals surface area contributed by atoms with E-state index in [1.807, 2.05) is 30.3 Å². The van der Waals surface area contributed by atoms with Crippen molar-refractivity contribution in [2.45, 2.75) is 12.8 Å². The van der Waals surface area contributed by atoms with Crippen LogP contribution >= 0.6 is 10.1 Å². The summed E-state index contributed by atoms with van der Waals surface area (Å²) in [7, 11) is 5.59. The Kier molecular flexibility index (Phi) is 6.30. The van der Waals surface area contributed by atoms with E-state index in [1.54, 1.807) is 0 Å². The van der Waals surface area contributed by atoms with Crippen LogP contribution in [0.15, 0.2) is 30.3 Å². The van der Waals surface area contributed by atoms with Crippen molar-refractivity contribution in [1.82, 2.24) is 0 Å². The van der Waals surface area contributed by atoms with Gasteiger partial charge in [-0.25, -0.2) is 0 Å². The molecule has 1 aliphatic heterocycles. The van der Waals surface area contributed by atoms with E-state index in [2.05, 4.69) is 0 Å². The van der Waals surface area contributed by atoms with Gasteiger partial charge in [-0.1, -0.05) is 0 Å². The molecule has 0 radical (unpaired) electrons. The van der Waals surface area contributed by atoms with Crippen LogP contribution in [0.25, 0.3) is 0 Å². The summed E-state index contributed by atoms with van der Waals surface area (Å²) in [5.74, 6) is 0. The Hall–Kier alpha value is -0.0105. The number of benzene rings is 1. The van der Waals surface area contributed by atoms with Crippen molar-refractivity contribution >= 4 is 28.6 Å². The summed E-state index contributed by atoms with van der Waals surface area (Å²) in [5, 5.41) is 0. The van der Waals surface area contributed by atoms with Crippen molar-refractivity contribution in [3.8, 4) is 0 Å². The number of halogens is 1. The van der Waals surface area contributed by atoms with Crippen molar-refractivity contribution < 1.29 is 4.74 Å². The molecular weight excluding hydrogens is 251 g/mol. The van der Waals surface area contributed by atoms with E-state index in [-0.39, 0.29) is 14.0 Å². The van der Waals surface area contributed by atoms with Crippen LogP contribution in [0.4, 0.5) is 0 Å². The summed E-state index contributed by atoms with van der Waals surface area (Å²) in [4.78, 5) is 0. The van der Waals surface area contributed by atoms with Crippen LogP contribution in [-0.2, 0) is 4.74 Å². The standard InChI is InChI=1S/C6H5ClSe.C4H8O/c7-8-6-4-2-1-3-5-6;1-2-4-5-3-1/h1-5H;1-4H2. The molecule has 0 aliphatic carbocycles. The minimum absolute atomic E-state index is 0.140. The Morgan fingerprint density at radius 1 is 1.08 bits per heavy atom. The second-order valence-corrected chi connectivity index (χ2v) is 4.82. The fraction of sp³-hybridized carbons (Fsp3) is 0.400. The first kappa shape index (κ1) is 11.1. The fourth-order valence-corrected chi connectivity index (χ4v) is 2.06. The number of ether oxygens (including phenoxy) is 1. The molecule has 0 bridgehead atoms. The fourth-order valence-electron chi connectivity index (χ4n) is 0.982. The van der Waals surface area contributed by atoms with Gasteiger partial charge in [-0.05, 0) is 12.8 Å². The van der Waals surface area contributed by atoms with E-state index < -0.39 is 0 Å². The monoisotopic (exact) mass is 264 g/mol. The molecule has 1 fully saturated rings. The molecule has 0 amide bonds. The van der Waals surface area contributed by atoms with Gasteiger partial charge < -0.3 is 4.74 Å². The molecule has 1 aromatic carbocycles. The molecule has 72 valence electrons. The Morgan fingerprint density at radius 3 is 2.00 bits per heavy atom. The van der Waals surface area contributed by atoms with Gasteiger partial charge in [0.25, 0.3) is 0 Å². The van der Waals surface area contributed by atoms with Crippen LogP contribution < -0.4 is 4.46 Å². The van der Waals surface area contributed by atoms with Gasteiger partial charge in [0.2, 0.25) is 0 Å². The molecule has 0 atom stereocenters. The molecule has 1 saturated heterocycles. The van der Waals surface area contributed by atoms with E-state index in [9.17, 15) is 0 Å². The van der Waals surface area contributed by atoms with Gasteiger partial charge in [0.15, 0.2) is 0 Å². The quantitative estimate of drug-likeness (QED) is 0.704. The van der Waals surface area contributed by atoms with Gasteiger partial charge >= 0.3 is 58.9 Å². The van der Waals surface area contributed by atoms with Gasteiger partial charge in [0, 0.05) is 13.2 Å². The van der Waals surface area contributed by atoms with Crippen molar-refractivity contribution in [2.24, 2.45) is 0 Å². The third kappa shape index (κ3) is 5.32. The number of rotatable bonds is 1. The first-order valence-corrected chi connectivity index (χ1v) is 7.45. The average molecular weight is 264 g/mol. The van der Waals surface area contributed by atoms with Crippen LogP contribution in [0.2, 0.25) is 0 Å². The Morgan fingerprint density at radius 2 is 1.69 bits per heavy atom. The SMILES string of the molecule is C1CCOC1.Cl[Se]c1ccccc1. The van der Waals surface area contributed by atoms with Gasteiger partial charge in [-0.3, -0.25) is 0 Å². The molecule has 1 heterocycles. The predicted molar refractivity (Wildman–Crippen MR) is 57.7 cm³/mol. The van der Waals surface area contributed by atoms with E-state index in [0.717, 1.165) is 13.2 Å². The van der Waals surface area contributed by atoms with Crippen LogP contribution in [-0.4, -0.2) is 27.3 Å². The summed E-state index contributed by atoms with van der Waals surface area (Å²) >= 11 is 0.140. The number of hydrogen-bond donors (Lipinski definition) is 0. The second kappa shape index (κ2) is 7.40. The molecule has 0 N–H and O–H groups in total. The van der Waals surface area contributed by atoms with E-state index in [1.165, 1.54) is 17.3 Å². The third-order valence-corrected chi connectivity index (χ3v) is 3.53. The first-order chi connectivity index (χ1) is 6.43. The minimum atomic E-state index is 0.140. The zero-order chi connectivity index (χ0) is 9.36. The summed E-state index contributed by atoms with van der Waals surface area (Å²) in [5.41, 5.74) is 0. The zero-order valence-electron chi connectivity index (χ0n) is 7.41. The van der Waals surface area contributed by atoms with Crippen molar-refractivity contribution in [1.29, 1.82) is 0 Å². The molecular formula is C10H13ClOSe. The Labute approximate surface area is 89.8 Å². The van der Waals surface area contributed by atoms with Crippen molar-refractivity contribution in [2.75, 3.05) is 13.2 Å². The molecule has 0 unspecified atom stereocenters. The van der Waals surface area contributed by atoms with Crippen LogP contribution in [0.3, 0.4) is 0 Å². The van der Waals surface area contributed by atoms with E-state index >= 15 is 0 Å². The summed E-state index contributed by atoms with van der Waals surface area (Å²) in [6.45, 7) is 2.00. The first-order valence-electron chi connectivity index (χ1n) is 4.35. The molecule has 0 saturated carbocycles. The van der Waals surface area contributed by atoms with E-state index in [4.69, 9.17) is 14.8 Å². The third-order valence-electron chi connectivity index (χ3n) is 1.66. The van der Waals surface area contributed by atoms with Crippen molar-refractivity contribution in [3.63, 3.8) is 0 Å². The van der Waals surface area contributed by atoms with E-state index in [0.29, 0.717) is 0 Å². The molecule has 1 aromatic rings. The maximum absolute atomic E-state index is 5.59. The van der Waals surface area contributed by atoms with Gasteiger partial charge in [-0.2, -0.15) is 0 Å². The summed E-state index contributed by atoms with van der Waals surface area (Å²) in [6.07, 6.45) is 2.56. The van der Waals surface area contributed by atoms with Gasteiger partial charge in [-0.15, -0.1) is 0 Å². The normalized spacial score (nSPS) is 14.8. The molecule has 0 spiro atoms. The molecule has 0 aromatic heterocycles. The van der Waals surface area contributed by atoms with Crippen molar-refractivity contribution in [3.05, 3.63) is 30.3 Å². The van der Waals surface area contributed by atoms with Gasteiger partial charge in [0.1, 0.15) is 0 Å². The summed E-state index contributed by atoms with van der Waals surface area (Å²) in [6, 6.07) is 10.1. The zero-order valence-corrected chi connectivity index (χ0v) is 9.88. The Balaban J connectivity index is 0.000000145. The number of hydrogen-bond acceptors (Lipinski definition) is 1. The molecule has 1 aliphatic rings. The molecule has 3 heteroatoms.